The standard InChI is InChI=1S/C11H15ClO4/c1-4-11(7-8-12,9(13)15-5-2)10(14)16-6-3/h4-6H2,1-3H3. The average Bonchev–Trinajstić information content (AvgIpc) is 2.26. The molecule has 0 fully saturated rings. The van der Waals surface area contributed by atoms with Crippen molar-refractivity contribution in [2.45, 2.75) is 27.2 Å². The van der Waals surface area contributed by atoms with Crippen molar-refractivity contribution in [3.8, 4) is 11.3 Å². The molecule has 0 aromatic carbocycles. The Hall–Kier alpha value is -1.21. The molecule has 0 aromatic heterocycles. The van der Waals surface area contributed by atoms with E-state index in [4.69, 9.17) is 21.1 Å². The molecule has 0 N–H and O–H groups in total. The van der Waals surface area contributed by atoms with Crippen LogP contribution < -0.4 is 0 Å². The van der Waals surface area contributed by atoms with Crippen LogP contribution in [0.1, 0.15) is 27.2 Å². The largest absolute Gasteiger partial charge is 0.464 e. The van der Waals surface area contributed by atoms with Crippen LogP contribution in [0.25, 0.3) is 0 Å². The first-order chi connectivity index (χ1) is 7.58. The van der Waals surface area contributed by atoms with Gasteiger partial charge in [0.2, 0.25) is 5.41 Å². The molecular weight excluding hydrogens is 232 g/mol. The number of ether oxygens (including phenoxy) is 2. The molecule has 5 heteroatoms. The van der Waals surface area contributed by atoms with Crippen molar-refractivity contribution in [2.24, 2.45) is 5.41 Å². The molecule has 4 nitrogen and oxygen atoms in total. The fraction of sp³-hybridized carbons (Fsp3) is 0.636. The molecule has 0 heterocycles. The number of halogens is 1. The van der Waals surface area contributed by atoms with Crippen LogP contribution in [0.5, 0.6) is 0 Å². The smallest absolute Gasteiger partial charge is 0.335 e. The quantitative estimate of drug-likeness (QED) is 0.421. The van der Waals surface area contributed by atoms with Crippen LogP contribution in [0.3, 0.4) is 0 Å². The molecule has 90 valence electrons. The van der Waals surface area contributed by atoms with Crippen LogP contribution in [0, 0.1) is 16.7 Å². The Morgan fingerprint density at radius 1 is 1.12 bits per heavy atom. The number of carbonyl (C=O) groups is 2. The molecule has 0 radical (unpaired) electrons. The van der Waals surface area contributed by atoms with Crippen molar-refractivity contribution in [1.29, 1.82) is 0 Å². The number of esters is 2. The fourth-order valence-corrected chi connectivity index (χ4v) is 1.31. The van der Waals surface area contributed by atoms with Gasteiger partial charge in [0, 0.05) is 5.38 Å². The van der Waals surface area contributed by atoms with Gasteiger partial charge >= 0.3 is 11.9 Å². The highest BCUT2D eigenvalue weighted by Gasteiger charge is 2.46. The zero-order valence-electron chi connectivity index (χ0n) is 9.63. The minimum atomic E-state index is -1.60. The maximum atomic E-state index is 11.7. The van der Waals surface area contributed by atoms with Crippen molar-refractivity contribution >= 4 is 23.5 Å². The van der Waals surface area contributed by atoms with E-state index in [2.05, 4.69) is 11.3 Å². The van der Waals surface area contributed by atoms with Crippen molar-refractivity contribution in [1.82, 2.24) is 0 Å². The molecule has 0 aliphatic rings. The van der Waals surface area contributed by atoms with E-state index in [1.165, 1.54) is 0 Å². The van der Waals surface area contributed by atoms with E-state index >= 15 is 0 Å². The molecule has 0 saturated carbocycles. The summed E-state index contributed by atoms with van der Waals surface area (Å²) < 4.78 is 9.63. The molecule has 0 aromatic rings. The summed E-state index contributed by atoms with van der Waals surface area (Å²) in [4.78, 5) is 23.4. The summed E-state index contributed by atoms with van der Waals surface area (Å²) >= 11 is 5.28. The van der Waals surface area contributed by atoms with Crippen LogP contribution in [0.2, 0.25) is 0 Å². The second kappa shape index (κ2) is 7.13. The highest BCUT2D eigenvalue weighted by Crippen LogP contribution is 2.25. The Kier molecular flexibility index (Phi) is 6.59. The summed E-state index contributed by atoms with van der Waals surface area (Å²) in [5.41, 5.74) is -1.60. The van der Waals surface area contributed by atoms with E-state index in [0.29, 0.717) is 0 Å². The van der Waals surface area contributed by atoms with E-state index in [1.54, 1.807) is 20.8 Å². The summed E-state index contributed by atoms with van der Waals surface area (Å²) in [7, 11) is 0. The van der Waals surface area contributed by atoms with Gasteiger partial charge in [0.15, 0.2) is 0 Å². The number of carbonyl (C=O) groups excluding carboxylic acids is 2. The molecule has 0 saturated heterocycles. The van der Waals surface area contributed by atoms with Gasteiger partial charge in [-0.15, -0.1) is 0 Å². The lowest BCUT2D eigenvalue weighted by Gasteiger charge is -2.22. The number of rotatable bonds is 5. The molecule has 0 aliphatic carbocycles. The highest BCUT2D eigenvalue weighted by molar-refractivity contribution is 6.30. The maximum Gasteiger partial charge on any atom is 0.335 e. The Labute approximate surface area is 100 Å². The second-order valence-electron chi connectivity index (χ2n) is 2.92. The lowest BCUT2D eigenvalue weighted by Crippen LogP contribution is -2.40. The molecule has 0 spiro atoms. The van der Waals surface area contributed by atoms with Crippen LogP contribution in [0.4, 0.5) is 0 Å². The molecule has 0 atom stereocenters. The van der Waals surface area contributed by atoms with E-state index in [-0.39, 0.29) is 19.6 Å². The average molecular weight is 247 g/mol. The van der Waals surface area contributed by atoms with Crippen LogP contribution in [-0.4, -0.2) is 25.2 Å². The number of hydrogen-bond acceptors (Lipinski definition) is 4. The normalized spacial score (nSPS) is 10.0. The highest BCUT2D eigenvalue weighted by atomic mass is 35.5. The Balaban J connectivity index is 5.19. The summed E-state index contributed by atoms with van der Waals surface area (Å²) in [6.45, 7) is 5.29. The van der Waals surface area contributed by atoms with E-state index in [1.807, 2.05) is 0 Å². The Morgan fingerprint density at radius 2 is 1.56 bits per heavy atom. The Bertz CT molecular complexity index is 296. The molecule has 0 amide bonds. The van der Waals surface area contributed by atoms with Crippen LogP contribution in [-0.2, 0) is 19.1 Å². The lowest BCUT2D eigenvalue weighted by atomic mass is 9.86. The molecule has 0 bridgehead atoms. The van der Waals surface area contributed by atoms with E-state index < -0.39 is 17.4 Å². The predicted molar refractivity (Wildman–Crippen MR) is 59.6 cm³/mol. The first kappa shape index (κ1) is 14.8. The van der Waals surface area contributed by atoms with Gasteiger partial charge in [-0.1, -0.05) is 12.8 Å². The summed E-state index contributed by atoms with van der Waals surface area (Å²) in [5.74, 6) is 0.944. The van der Waals surface area contributed by atoms with Crippen molar-refractivity contribution in [3.05, 3.63) is 0 Å². The molecular formula is C11H15ClO4. The van der Waals surface area contributed by atoms with Gasteiger partial charge in [-0.25, -0.2) is 9.59 Å². The lowest BCUT2D eigenvalue weighted by molar-refractivity contribution is -0.167. The second-order valence-corrected chi connectivity index (χ2v) is 3.11. The molecule has 16 heavy (non-hydrogen) atoms. The Morgan fingerprint density at radius 3 is 1.81 bits per heavy atom. The fourth-order valence-electron chi connectivity index (χ4n) is 1.15. The van der Waals surface area contributed by atoms with Gasteiger partial charge in [0.1, 0.15) is 0 Å². The zero-order chi connectivity index (χ0) is 12.6. The van der Waals surface area contributed by atoms with Gasteiger partial charge in [-0.2, -0.15) is 0 Å². The minimum absolute atomic E-state index is 0.157. The molecule has 0 aliphatic heterocycles. The van der Waals surface area contributed by atoms with Gasteiger partial charge in [0.05, 0.1) is 13.2 Å². The summed E-state index contributed by atoms with van der Waals surface area (Å²) in [6, 6.07) is 0. The van der Waals surface area contributed by atoms with E-state index in [9.17, 15) is 9.59 Å². The third-order valence-electron chi connectivity index (χ3n) is 2.04. The first-order valence-corrected chi connectivity index (χ1v) is 5.44. The zero-order valence-corrected chi connectivity index (χ0v) is 10.4. The monoisotopic (exact) mass is 246 g/mol. The third kappa shape index (κ3) is 3.14. The molecule has 0 unspecified atom stereocenters. The third-order valence-corrected chi connectivity index (χ3v) is 2.13. The minimum Gasteiger partial charge on any atom is -0.464 e. The van der Waals surface area contributed by atoms with Crippen LogP contribution in [0.15, 0.2) is 0 Å². The summed E-state index contributed by atoms with van der Waals surface area (Å²) in [5, 5.41) is 2.06. The SMILES string of the molecule is CCOC(=O)C(C#CCl)(CC)C(=O)OCC. The summed E-state index contributed by atoms with van der Waals surface area (Å²) in [6.07, 6.45) is 0.157. The molecule has 0 rings (SSSR count). The van der Waals surface area contributed by atoms with Crippen molar-refractivity contribution in [2.75, 3.05) is 13.2 Å². The number of hydrogen-bond donors (Lipinski definition) is 0. The maximum absolute atomic E-state index is 11.7. The van der Waals surface area contributed by atoms with Crippen molar-refractivity contribution in [3.63, 3.8) is 0 Å². The van der Waals surface area contributed by atoms with Gasteiger partial charge in [0.25, 0.3) is 0 Å². The van der Waals surface area contributed by atoms with Gasteiger partial charge in [-0.3, -0.25) is 0 Å². The first-order valence-electron chi connectivity index (χ1n) is 5.06. The van der Waals surface area contributed by atoms with Gasteiger partial charge < -0.3 is 9.47 Å². The predicted octanol–water partition coefficient (Wildman–Crippen LogP) is 1.71. The van der Waals surface area contributed by atoms with Gasteiger partial charge in [-0.05, 0) is 31.9 Å². The van der Waals surface area contributed by atoms with Crippen LogP contribution >= 0.6 is 11.6 Å². The van der Waals surface area contributed by atoms with E-state index in [0.717, 1.165) is 0 Å². The topological polar surface area (TPSA) is 52.6 Å². The van der Waals surface area contributed by atoms with Crippen molar-refractivity contribution < 1.29 is 19.1 Å².